The molecular weight excluding hydrogens is 392 g/mol. The molecule has 164 valence electrons. The molecule has 1 heterocycles. The first-order chi connectivity index (χ1) is 15.0. The Labute approximate surface area is 183 Å². The molecule has 6 heteroatoms. The van der Waals surface area contributed by atoms with E-state index in [1.165, 1.54) is 4.90 Å². The second-order valence-corrected chi connectivity index (χ2v) is 7.67. The smallest absolute Gasteiger partial charge is 0.295 e. The molecule has 0 aliphatic carbocycles. The number of quaternary nitrogens is 1. The van der Waals surface area contributed by atoms with Crippen LogP contribution in [0.4, 0.5) is 0 Å². The first-order valence-corrected chi connectivity index (χ1v) is 10.8. The molecule has 1 fully saturated rings. The second-order valence-electron chi connectivity index (χ2n) is 7.67. The molecule has 2 aromatic carbocycles. The largest absolute Gasteiger partial charge is 0.872 e. The summed E-state index contributed by atoms with van der Waals surface area (Å²) in [6.45, 7) is 7.64. The number of ether oxygens (including phenoxy) is 1. The fourth-order valence-electron chi connectivity index (χ4n) is 4.08. The van der Waals surface area contributed by atoms with Gasteiger partial charge in [-0.05, 0) is 37.1 Å². The number of nitrogens with zero attached hydrogens (tertiary/aromatic N) is 1. The van der Waals surface area contributed by atoms with Crippen molar-refractivity contribution in [3.63, 3.8) is 0 Å². The lowest BCUT2D eigenvalue weighted by molar-refractivity contribution is -0.896. The van der Waals surface area contributed by atoms with E-state index in [0.717, 1.165) is 31.6 Å². The molecule has 1 unspecified atom stereocenters. The van der Waals surface area contributed by atoms with Gasteiger partial charge in [0.25, 0.3) is 5.91 Å². The molecule has 0 saturated carbocycles. The van der Waals surface area contributed by atoms with Crippen molar-refractivity contribution in [3.8, 4) is 5.75 Å². The molecule has 0 bridgehead atoms. The molecule has 6 nitrogen and oxygen atoms in total. The maximum Gasteiger partial charge on any atom is 0.295 e. The molecule has 0 aromatic heterocycles. The number of amides is 1. The van der Waals surface area contributed by atoms with Gasteiger partial charge in [0, 0.05) is 18.5 Å². The molecule has 1 atom stereocenters. The third-order valence-corrected chi connectivity index (χ3v) is 5.93. The molecule has 0 radical (unpaired) electrons. The number of ketones is 1. The van der Waals surface area contributed by atoms with E-state index >= 15 is 0 Å². The number of Topliss-reactive ketones (excluding diaryl/α,β-unsaturated/α-hetero) is 1. The minimum atomic E-state index is -0.704. The molecular formula is C25H30N2O4. The standard InChI is InChI=1S/C25H30N2O4/c1-4-26(5-2)16-9-17-27-22(18-10-7-6-8-11-18)21(24(29)25(27)30)23(28)19-12-14-20(31-3)15-13-19/h6-8,10-15,22,28H,4-5,9,16-17H2,1-3H3. The monoisotopic (exact) mass is 422 g/mol. The first kappa shape index (κ1) is 22.6. The number of rotatable bonds is 9. The van der Waals surface area contributed by atoms with Crippen LogP contribution in [0.2, 0.25) is 0 Å². The van der Waals surface area contributed by atoms with Crippen molar-refractivity contribution in [1.29, 1.82) is 0 Å². The Bertz CT molecular complexity index is 934. The summed E-state index contributed by atoms with van der Waals surface area (Å²) in [6.07, 6.45) is 0.767. The van der Waals surface area contributed by atoms with Crippen molar-refractivity contribution < 1.29 is 24.3 Å². The molecule has 2 aromatic rings. The van der Waals surface area contributed by atoms with Gasteiger partial charge in [-0.2, -0.15) is 0 Å². The zero-order valence-corrected chi connectivity index (χ0v) is 18.4. The lowest BCUT2D eigenvalue weighted by Crippen LogP contribution is -3.11. The number of hydrogen-bond donors (Lipinski definition) is 1. The van der Waals surface area contributed by atoms with E-state index in [9.17, 15) is 14.7 Å². The molecule has 0 spiro atoms. The Morgan fingerprint density at radius 2 is 1.68 bits per heavy atom. The Morgan fingerprint density at radius 3 is 2.26 bits per heavy atom. The van der Waals surface area contributed by atoms with Crippen molar-refractivity contribution in [2.75, 3.05) is 33.3 Å². The summed E-state index contributed by atoms with van der Waals surface area (Å²) in [5, 5.41) is 13.3. The molecule has 1 aliphatic rings. The van der Waals surface area contributed by atoms with Crippen LogP contribution in [0.1, 0.15) is 37.4 Å². The third-order valence-electron chi connectivity index (χ3n) is 5.93. The van der Waals surface area contributed by atoms with Crippen molar-refractivity contribution in [3.05, 3.63) is 71.3 Å². The average molecular weight is 423 g/mol. The van der Waals surface area contributed by atoms with E-state index in [4.69, 9.17) is 4.74 Å². The van der Waals surface area contributed by atoms with Gasteiger partial charge in [-0.25, -0.2) is 0 Å². The van der Waals surface area contributed by atoms with Gasteiger partial charge in [-0.15, -0.1) is 0 Å². The Balaban J connectivity index is 1.98. The quantitative estimate of drug-likeness (QED) is 0.375. The van der Waals surface area contributed by atoms with E-state index in [2.05, 4.69) is 13.8 Å². The van der Waals surface area contributed by atoms with Crippen molar-refractivity contribution in [1.82, 2.24) is 4.90 Å². The van der Waals surface area contributed by atoms with Crippen molar-refractivity contribution in [2.24, 2.45) is 0 Å². The highest BCUT2D eigenvalue weighted by Crippen LogP contribution is 2.38. The number of hydrogen-bond acceptors (Lipinski definition) is 4. The summed E-state index contributed by atoms with van der Waals surface area (Å²) in [5.74, 6) is -1.09. The van der Waals surface area contributed by atoms with Gasteiger partial charge in [-0.3, -0.25) is 9.59 Å². The molecule has 1 amide bonds. The first-order valence-electron chi connectivity index (χ1n) is 10.8. The average Bonchev–Trinajstić information content (AvgIpc) is 3.07. The molecule has 3 rings (SSSR count). The summed E-state index contributed by atoms with van der Waals surface area (Å²) < 4.78 is 5.15. The minimum absolute atomic E-state index is 0.0246. The SMILES string of the molecule is CC[NH+](CC)CCCN1C(=O)C(=O)C(=C([O-])c2ccc(OC)cc2)C1c1ccccc1. The zero-order valence-electron chi connectivity index (χ0n) is 18.4. The summed E-state index contributed by atoms with van der Waals surface area (Å²) >= 11 is 0. The van der Waals surface area contributed by atoms with Crippen LogP contribution < -0.4 is 14.7 Å². The fraction of sp³-hybridized carbons (Fsp3) is 0.360. The van der Waals surface area contributed by atoms with Crippen LogP contribution in [0.15, 0.2) is 60.2 Å². The number of nitrogens with one attached hydrogen (secondary N) is 1. The molecule has 1 saturated heterocycles. The topological polar surface area (TPSA) is 74.1 Å². The van der Waals surface area contributed by atoms with E-state index < -0.39 is 23.5 Å². The zero-order chi connectivity index (χ0) is 22.4. The summed E-state index contributed by atoms with van der Waals surface area (Å²) in [5.41, 5.74) is 1.16. The van der Waals surface area contributed by atoms with Gasteiger partial charge in [0.2, 0.25) is 5.78 Å². The third kappa shape index (κ3) is 4.80. The van der Waals surface area contributed by atoms with E-state index in [0.29, 0.717) is 17.9 Å². The van der Waals surface area contributed by atoms with E-state index in [1.807, 2.05) is 30.3 Å². The van der Waals surface area contributed by atoms with Crippen LogP contribution in [0.3, 0.4) is 0 Å². The van der Waals surface area contributed by atoms with Crippen LogP contribution in [-0.4, -0.2) is 49.9 Å². The Hall–Kier alpha value is -3.12. The van der Waals surface area contributed by atoms with Gasteiger partial charge in [0.1, 0.15) is 5.75 Å². The maximum atomic E-state index is 13.3. The van der Waals surface area contributed by atoms with E-state index in [1.54, 1.807) is 36.3 Å². The lowest BCUT2D eigenvalue weighted by atomic mass is 9.95. The van der Waals surface area contributed by atoms with Gasteiger partial charge < -0.3 is 19.6 Å². The van der Waals surface area contributed by atoms with Gasteiger partial charge in [-0.1, -0.05) is 48.2 Å². The summed E-state index contributed by atoms with van der Waals surface area (Å²) in [6, 6.07) is 15.3. The highest BCUT2D eigenvalue weighted by atomic mass is 16.5. The second kappa shape index (κ2) is 10.3. The summed E-state index contributed by atoms with van der Waals surface area (Å²) in [7, 11) is 1.55. The summed E-state index contributed by atoms with van der Waals surface area (Å²) in [4.78, 5) is 28.9. The minimum Gasteiger partial charge on any atom is -0.872 e. The normalized spacial score (nSPS) is 18.1. The number of benzene rings is 2. The number of carbonyl (C=O) groups excluding carboxylic acids is 2. The highest BCUT2D eigenvalue weighted by Gasteiger charge is 2.43. The number of carbonyl (C=O) groups is 2. The van der Waals surface area contributed by atoms with E-state index in [-0.39, 0.29) is 5.57 Å². The molecule has 31 heavy (non-hydrogen) atoms. The highest BCUT2D eigenvalue weighted by molar-refractivity contribution is 6.46. The van der Waals surface area contributed by atoms with Gasteiger partial charge >= 0.3 is 0 Å². The van der Waals surface area contributed by atoms with Gasteiger partial charge in [0.15, 0.2) is 0 Å². The van der Waals surface area contributed by atoms with Crippen molar-refractivity contribution >= 4 is 17.4 Å². The Morgan fingerprint density at radius 1 is 1.03 bits per heavy atom. The molecule has 1 N–H and O–H groups in total. The van der Waals surface area contributed by atoms with Gasteiger partial charge in [0.05, 0.1) is 32.8 Å². The number of likely N-dealkylation sites (tertiary alicyclic amines) is 1. The van der Waals surface area contributed by atoms with Crippen LogP contribution in [-0.2, 0) is 9.59 Å². The fourth-order valence-corrected chi connectivity index (χ4v) is 4.08. The Kier molecular flexibility index (Phi) is 7.47. The predicted molar refractivity (Wildman–Crippen MR) is 117 cm³/mol. The van der Waals surface area contributed by atoms with Crippen molar-refractivity contribution in [2.45, 2.75) is 26.3 Å². The lowest BCUT2D eigenvalue weighted by Gasteiger charge is -2.28. The van der Waals surface area contributed by atoms with Crippen LogP contribution >= 0.6 is 0 Å². The van der Waals surface area contributed by atoms with Crippen LogP contribution in [0.25, 0.3) is 5.76 Å². The molecule has 1 aliphatic heterocycles. The van der Waals surface area contributed by atoms with Crippen LogP contribution in [0.5, 0.6) is 5.75 Å². The number of methoxy groups -OCH3 is 1. The predicted octanol–water partition coefficient (Wildman–Crippen LogP) is 1.23. The maximum absolute atomic E-state index is 13.3. The van der Waals surface area contributed by atoms with Crippen LogP contribution in [0, 0.1) is 0 Å².